The fourth-order valence-electron chi connectivity index (χ4n) is 4.13. The van der Waals surface area contributed by atoms with Crippen molar-refractivity contribution in [2.45, 2.75) is 38.0 Å². The molecule has 1 heterocycles. The van der Waals surface area contributed by atoms with Gasteiger partial charge in [0.1, 0.15) is 0 Å². The van der Waals surface area contributed by atoms with Crippen molar-refractivity contribution in [2.75, 3.05) is 0 Å². The minimum Gasteiger partial charge on any atom is -0.422 e. The van der Waals surface area contributed by atoms with Crippen LogP contribution in [-0.2, 0) is 20.7 Å². The average Bonchev–Trinajstić information content (AvgIpc) is 3.09. The van der Waals surface area contributed by atoms with Crippen molar-refractivity contribution in [3.8, 4) is 0 Å². The van der Waals surface area contributed by atoms with Crippen LogP contribution in [-0.4, -0.2) is 28.4 Å². The summed E-state index contributed by atoms with van der Waals surface area (Å²) in [5, 5.41) is 3.39. The summed E-state index contributed by atoms with van der Waals surface area (Å²) in [7, 11) is 0. The summed E-state index contributed by atoms with van der Waals surface area (Å²) in [5.74, 6) is -1.36. The van der Waals surface area contributed by atoms with E-state index in [1.54, 1.807) is 56.3 Å². The van der Waals surface area contributed by atoms with Gasteiger partial charge in [-0.25, -0.2) is 9.69 Å². The second kappa shape index (κ2) is 9.69. The molecule has 34 heavy (non-hydrogen) atoms. The number of amides is 3. The lowest BCUT2D eigenvalue weighted by atomic mass is 9.91. The molecule has 3 atom stereocenters. The number of nitrogens with one attached hydrogen (secondary N) is 1. The van der Waals surface area contributed by atoms with E-state index in [1.807, 2.05) is 42.5 Å². The first-order chi connectivity index (χ1) is 16.3. The fourth-order valence-corrected chi connectivity index (χ4v) is 4.32. The lowest BCUT2D eigenvalue weighted by Gasteiger charge is -2.27. The Morgan fingerprint density at radius 3 is 2.21 bits per heavy atom. The van der Waals surface area contributed by atoms with Gasteiger partial charge < -0.3 is 10.1 Å². The summed E-state index contributed by atoms with van der Waals surface area (Å²) >= 11 is 6.10. The van der Waals surface area contributed by atoms with Gasteiger partial charge in [-0.15, -0.1) is 0 Å². The molecule has 0 aromatic heterocycles. The second-order valence-corrected chi connectivity index (χ2v) is 8.81. The predicted octanol–water partition coefficient (Wildman–Crippen LogP) is 5.24. The third-order valence-corrected chi connectivity index (χ3v) is 6.29. The summed E-state index contributed by atoms with van der Waals surface area (Å²) in [6.45, 7) is 3.52. The number of hydrogen-bond acceptors (Lipinski definition) is 4. The van der Waals surface area contributed by atoms with E-state index in [2.05, 4.69) is 5.32 Å². The molecule has 6 nitrogen and oxygen atoms in total. The highest BCUT2D eigenvalue weighted by atomic mass is 35.5. The van der Waals surface area contributed by atoms with Crippen LogP contribution in [0, 0.1) is 0 Å². The van der Waals surface area contributed by atoms with Crippen LogP contribution >= 0.6 is 11.6 Å². The van der Waals surface area contributed by atoms with Gasteiger partial charge in [-0.1, -0.05) is 84.4 Å². The van der Waals surface area contributed by atoms with Gasteiger partial charge in [-0.05, 0) is 42.7 Å². The van der Waals surface area contributed by atoms with Gasteiger partial charge in [-0.3, -0.25) is 9.59 Å². The van der Waals surface area contributed by atoms with E-state index in [1.165, 1.54) is 0 Å². The van der Waals surface area contributed by atoms with Crippen molar-refractivity contribution in [1.82, 2.24) is 10.2 Å². The van der Waals surface area contributed by atoms with Gasteiger partial charge in [-0.2, -0.15) is 0 Å². The molecule has 4 rings (SSSR count). The highest BCUT2D eigenvalue weighted by Crippen LogP contribution is 2.35. The first-order valence-corrected chi connectivity index (χ1v) is 11.4. The highest BCUT2D eigenvalue weighted by Gasteiger charge is 2.60. The van der Waals surface area contributed by atoms with E-state index in [0.717, 1.165) is 16.0 Å². The van der Waals surface area contributed by atoms with E-state index in [0.29, 0.717) is 10.6 Å². The van der Waals surface area contributed by atoms with Crippen molar-refractivity contribution in [3.05, 3.63) is 107 Å². The van der Waals surface area contributed by atoms with Crippen molar-refractivity contribution in [2.24, 2.45) is 0 Å². The lowest BCUT2D eigenvalue weighted by molar-refractivity contribution is -0.150. The van der Waals surface area contributed by atoms with E-state index in [4.69, 9.17) is 16.3 Å². The number of cyclic esters (lactones) is 1. The molecule has 1 N–H and O–H groups in total. The van der Waals surface area contributed by atoms with Gasteiger partial charge in [0.15, 0.2) is 0 Å². The van der Waals surface area contributed by atoms with Gasteiger partial charge in [0.05, 0.1) is 12.1 Å². The van der Waals surface area contributed by atoms with Crippen LogP contribution in [0.5, 0.6) is 0 Å². The Labute approximate surface area is 203 Å². The molecule has 1 fully saturated rings. The molecule has 3 aromatic rings. The molecular weight excluding hydrogens is 452 g/mol. The van der Waals surface area contributed by atoms with Crippen LogP contribution in [0.25, 0.3) is 0 Å². The van der Waals surface area contributed by atoms with Crippen LogP contribution < -0.4 is 5.32 Å². The molecule has 0 saturated carbocycles. The molecule has 0 bridgehead atoms. The number of halogens is 1. The Morgan fingerprint density at radius 2 is 1.56 bits per heavy atom. The molecule has 7 heteroatoms. The quantitative estimate of drug-likeness (QED) is 0.473. The summed E-state index contributed by atoms with van der Waals surface area (Å²) in [6, 6.07) is 24.2. The highest BCUT2D eigenvalue weighted by molar-refractivity contribution is 6.30. The number of hydrogen-bond donors (Lipinski definition) is 1. The first-order valence-electron chi connectivity index (χ1n) is 11.0. The van der Waals surface area contributed by atoms with Crippen LogP contribution in [0.3, 0.4) is 0 Å². The summed E-state index contributed by atoms with van der Waals surface area (Å²) in [6.07, 6.45) is -0.923. The molecule has 3 amide bonds. The Bertz CT molecular complexity index is 1200. The van der Waals surface area contributed by atoms with Crippen LogP contribution in [0.2, 0.25) is 5.02 Å². The van der Waals surface area contributed by atoms with E-state index < -0.39 is 35.6 Å². The number of imide groups is 1. The standard InChI is InChI=1S/C27H25ClN2O4/c1-18(22-14-9-15-23(28)16-22)29-24(31)27(17-20-10-5-3-6-11-20)25(32)30(26(33)34-27)19(2)21-12-7-4-8-13-21/h3-16,18-19H,17H2,1-2H3,(H,29,31)/t18-,19-,27-/m1/s1. The molecule has 1 aliphatic heterocycles. The topological polar surface area (TPSA) is 75.7 Å². The van der Waals surface area contributed by atoms with Crippen LogP contribution in [0.15, 0.2) is 84.9 Å². The molecule has 3 aromatic carbocycles. The molecule has 0 radical (unpaired) electrons. The number of carbonyl (C=O) groups excluding carboxylic acids is 3. The van der Waals surface area contributed by atoms with Crippen molar-refractivity contribution in [3.63, 3.8) is 0 Å². The Balaban J connectivity index is 1.68. The normalized spacial score (nSPS) is 19.4. The lowest BCUT2D eigenvalue weighted by Crippen LogP contribution is -2.55. The SMILES string of the molecule is C[C@H](c1ccccc1)N1C(=O)O[C@](Cc2ccccc2)(C(=O)N[C@H](C)c2cccc(Cl)c2)C1=O. The van der Waals surface area contributed by atoms with Gasteiger partial charge in [0.2, 0.25) is 0 Å². The monoisotopic (exact) mass is 476 g/mol. The smallest absolute Gasteiger partial charge is 0.418 e. The molecule has 0 spiro atoms. The van der Waals surface area contributed by atoms with Gasteiger partial charge in [0.25, 0.3) is 17.4 Å². The first kappa shape index (κ1) is 23.5. The Kier molecular flexibility index (Phi) is 6.70. The molecular formula is C27H25ClN2O4. The second-order valence-electron chi connectivity index (χ2n) is 8.37. The largest absolute Gasteiger partial charge is 0.422 e. The fraction of sp³-hybridized carbons (Fsp3) is 0.222. The Morgan fingerprint density at radius 1 is 0.941 bits per heavy atom. The minimum absolute atomic E-state index is 0.0788. The Hall–Kier alpha value is -3.64. The maximum Gasteiger partial charge on any atom is 0.418 e. The summed E-state index contributed by atoms with van der Waals surface area (Å²) < 4.78 is 5.64. The van der Waals surface area contributed by atoms with Crippen molar-refractivity contribution in [1.29, 1.82) is 0 Å². The molecule has 0 aliphatic carbocycles. The third kappa shape index (κ3) is 4.54. The molecule has 174 valence electrons. The predicted molar refractivity (Wildman–Crippen MR) is 129 cm³/mol. The third-order valence-electron chi connectivity index (χ3n) is 6.05. The molecule has 1 saturated heterocycles. The number of nitrogens with zero attached hydrogens (tertiary/aromatic N) is 1. The molecule has 1 aliphatic rings. The van der Waals surface area contributed by atoms with E-state index >= 15 is 0 Å². The van der Waals surface area contributed by atoms with Crippen molar-refractivity contribution < 1.29 is 19.1 Å². The molecule has 0 unspecified atom stereocenters. The van der Waals surface area contributed by atoms with E-state index in [-0.39, 0.29) is 6.42 Å². The average molecular weight is 477 g/mol. The zero-order valence-electron chi connectivity index (χ0n) is 18.9. The number of benzene rings is 3. The van der Waals surface area contributed by atoms with Crippen molar-refractivity contribution >= 4 is 29.5 Å². The van der Waals surface area contributed by atoms with Crippen LogP contribution in [0.4, 0.5) is 4.79 Å². The summed E-state index contributed by atoms with van der Waals surface area (Å²) in [5.41, 5.74) is 0.204. The van der Waals surface area contributed by atoms with Gasteiger partial charge >= 0.3 is 6.09 Å². The maximum absolute atomic E-state index is 13.8. The number of rotatable bonds is 7. The van der Waals surface area contributed by atoms with Gasteiger partial charge in [0, 0.05) is 11.4 Å². The zero-order valence-corrected chi connectivity index (χ0v) is 19.7. The number of ether oxygens (including phenoxy) is 1. The maximum atomic E-state index is 13.8. The minimum atomic E-state index is -2.02. The zero-order chi connectivity index (χ0) is 24.3. The summed E-state index contributed by atoms with van der Waals surface area (Å²) in [4.78, 5) is 41.4. The number of carbonyl (C=O) groups is 3. The van der Waals surface area contributed by atoms with Crippen LogP contribution in [0.1, 0.15) is 42.6 Å². The van der Waals surface area contributed by atoms with E-state index in [9.17, 15) is 14.4 Å².